The Balaban J connectivity index is 0. The van der Waals surface area contributed by atoms with Gasteiger partial charge in [0.2, 0.25) is 0 Å². The first-order valence-corrected chi connectivity index (χ1v) is 5.07. The zero-order valence-electron chi connectivity index (χ0n) is 6.73. The van der Waals surface area contributed by atoms with Gasteiger partial charge in [-0.15, -0.1) is 0 Å². The lowest BCUT2D eigenvalue weighted by Crippen LogP contribution is -2.09. The average molecular weight is 151 g/mol. The van der Waals surface area contributed by atoms with Gasteiger partial charge in [0, 0.05) is 0 Å². The van der Waals surface area contributed by atoms with Gasteiger partial charge in [-0.3, -0.25) is 0 Å². The summed E-state index contributed by atoms with van der Waals surface area (Å²) in [7, 11) is 0. The van der Waals surface area contributed by atoms with E-state index in [1.165, 1.54) is 0 Å². The second kappa shape index (κ2) is 11.1. The van der Waals surface area contributed by atoms with E-state index in [9.17, 15) is 4.55 Å². The van der Waals surface area contributed by atoms with E-state index in [2.05, 4.69) is 19.2 Å². The molecule has 9 heavy (non-hydrogen) atoms. The molecule has 0 rings (SSSR count). The molecular formula is C6H17NOS. The van der Waals surface area contributed by atoms with Gasteiger partial charge in [-0.2, -0.15) is 0 Å². The molecule has 58 valence electrons. The van der Waals surface area contributed by atoms with E-state index in [0.717, 1.165) is 13.1 Å². The van der Waals surface area contributed by atoms with E-state index in [1.807, 2.05) is 0 Å². The van der Waals surface area contributed by atoms with Gasteiger partial charge in [0.05, 0.1) is 12.5 Å². The Hall–Kier alpha value is 0.270. The highest BCUT2D eigenvalue weighted by molar-refractivity contribution is 7.89. The third-order valence-electron chi connectivity index (χ3n) is 0.500. The molecule has 0 aliphatic rings. The van der Waals surface area contributed by atoms with E-state index in [0.29, 0.717) is 0 Å². The molecule has 2 nitrogen and oxygen atoms in total. The van der Waals surface area contributed by atoms with Crippen LogP contribution in [0.1, 0.15) is 13.8 Å². The number of hydrogen-bond donors (Lipinski definition) is 1. The fourth-order valence-electron chi connectivity index (χ4n) is 0.250. The molecule has 0 aliphatic carbocycles. The van der Waals surface area contributed by atoms with Crippen LogP contribution < -0.4 is 5.32 Å². The maximum Gasteiger partial charge on any atom is 0.0946 e. The number of hydrogen-bond acceptors (Lipinski definition) is 2. The highest BCUT2D eigenvalue weighted by Gasteiger charge is 1.66. The van der Waals surface area contributed by atoms with Crippen molar-refractivity contribution in [1.29, 1.82) is 0 Å². The molecule has 0 spiro atoms. The zero-order chi connectivity index (χ0) is 7.70. The minimum absolute atomic E-state index is 0.611. The molecule has 3 heteroatoms. The quantitative estimate of drug-likeness (QED) is 0.587. The summed E-state index contributed by atoms with van der Waals surface area (Å²) in [5.74, 6) is 0. The minimum Gasteiger partial charge on any atom is -0.617 e. The van der Waals surface area contributed by atoms with Gasteiger partial charge in [-0.1, -0.05) is 25.0 Å². The topological polar surface area (TPSA) is 35.1 Å². The maximum atomic E-state index is 9.56. The maximum absolute atomic E-state index is 9.56. The SMILES string of the molecule is CCNCC.C[S+](C)[O-]. The summed E-state index contributed by atoms with van der Waals surface area (Å²) in [5.41, 5.74) is 0. The Morgan fingerprint density at radius 1 is 1.22 bits per heavy atom. The molecule has 0 heterocycles. The summed E-state index contributed by atoms with van der Waals surface area (Å²) in [6, 6.07) is 0. The van der Waals surface area contributed by atoms with Crippen LogP contribution >= 0.6 is 0 Å². The molecule has 0 unspecified atom stereocenters. The van der Waals surface area contributed by atoms with Crippen LogP contribution in [0.15, 0.2) is 0 Å². The fraction of sp³-hybridized carbons (Fsp3) is 1.00. The second-order valence-corrected chi connectivity index (χ2v) is 3.18. The first-order valence-electron chi connectivity index (χ1n) is 3.10. The summed E-state index contributed by atoms with van der Waals surface area (Å²) < 4.78 is 9.56. The highest BCUT2D eigenvalue weighted by atomic mass is 32.2. The molecule has 1 N–H and O–H groups in total. The predicted octanol–water partition coefficient (Wildman–Crippen LogP) is 0.611. The highest BCUT2D eigenvalue weighted by Crippen LogP contribution is 1.61. The average Bonchev–Trinajstić information content (AvgIpc) is 1.66. The Morgan fingerprint density at radius 3 is 1.44 bits per heavy atom. The molecule has 0 aromatic rings. The summed E-state index contributed by atoms with van der Waals surface area (Å²) in [5, 5.41) is 3.11. The first kappa shape index (κ1) is 12.0. The lowest BCUT2D eigenvalue weighted by atomic mass is 10.7. The molecular weight excluding hydrogens is 134 g/mol. The van der Waals surface area contributed by atoms with Crippen molar-refractivity contribution >= 4 is 11.2 Å². The van der Waals surface area contributed by atoms with Crippen molar-refractivity contribution in [3.05, 3.63) is 0 Å². The Labute approximate surface area is 61.2 Å². The lowest BCUT2D eigenvalue weighted by Gasteiger charge is -1.87. The van der Waals surface area contributed by atoms with Crippen molar-refractivity contribution in [3.8, 4) is 0 Å². The van der Waals surface area contributed by atoms with Crippen LogP contribution in [0.25, 0.3) is 0 Å². The molecule has 0 bridgehead atoms. The first-order chi connectivity index (χ1) is 4.15. The monoisotopic (exact) mass is 151 g/mol. The molecule has 0 amide bonds. The van der Waals surface area contributed by atoms with Crippen LogP contribution in [-0.2, 0) is 11.2 Å². The standard InChI is InChI=1S/C4H11N.C2H6OS/c1-3-5-4-2;1-4(2)3/h5H,3-4H2,1-2H3;1-2H3. The Kier molecular flexibility index (Phi) is 14.8. The van der Waals surface area contributed by atoms with Gasteiger partial charge in [0.1, 0.15) is 0 Å². The van der Waals surface area contributed by atoms with Gasteiger partial charge in [-0.25, -0.2) is 0 Å². The summed E-state index contributed by atoms with van der Waals surface area (Å²) in [6.45, 7) is 6.39. The molecule has 0 saturated heterocycles. The van der Waals surface area contributed by atoms with Crippen molar-refractivity contribution in [3.63, 3.8) is 0 Å². The molecule has 0 aliphatic heterocycles. The summed E-state index contributed by atoms with van der Waals surface area (Å²) >= 11 is -0.611. The van der Waals surface area contributed by atoms with Crippen molar-refractivity contribution in [1.82, 2.24) is 5.32 Å². The van der Waals surface area contributed by atoms with Crippen LogP contribution in [0.5, 0.6) is 0 Å². The van der Waals surface area contributed by atoms with Crippen LogP contribution in [0.3, 0.4) is 0 Å². The molecule has 0 fully saturated rings. The van der Waals surface area contributed by atoms with Gasteiger partial charge in [0.15, 0.2) is 0 Å². The smallest absolute Gasteiger partial charge is 0.0946 e. The van der Waals surface area contributed by atoms with Crippen molar-refractivity contribution < 1.29 is 4.55 Å². The van der Waals surface area contributed by atoms with E-state index in [4.69, 9.17) is 0 Å². The lowest BCUT2D eigenvalue weighted by molar-refractivity contribution is 0.606. The Bertz CT molecular complexity index is 37.3. The van der Waals surface area contributed by atoms with Gasteiger partial charge in [0.25, 0.3) is 0 Å². The normalized spacial score (nSPS) is 8.67. The van der Waals surface area contributed by atoms with Crippen molar-refractivity contribution in [2.24, 2.45) is 0 Å². The number of rotatable bonds is 2. The number of nitrogens with one attached hydrogen (secondary N) is 1. The molecule has 0 aromatic carbocycles. The van der Waals surface area contributed by atoms with E-state index in [-0.39, 0.29) is 0 Å². The van der Waals surface area contributed by atoms with Crippen LogP contribution in [0, 0.1) is 0 Å². The predicted molar refractivity (Wildman–Crippen MR) is 44.2 cm³/mol. The Morgan fingerprint density at radius 2 is 1.44 bits per heavy atom. The van der Waals surface area contributed by atoms with Crippen LogP contribution in [0.4, 0.5) is 0 Å². The summed E-state index contributed by atoms with van der Waals surface area (Å²) in [6.07, 6.45) is 3.28. The van der Waals surface area contributed by atoms with Crippen LogP contribution in [-0.4, -0.2) is 30.2 Å². The molecule has 0 atom stereocenters. The molecule has 0 saturated carbocycles. The minimum atomic E-state index is -0.611. The third kappa shape index (κ3) is 63.1. The van der Waals surface area contributed by atoms with Crippen LogP contribution in [0.2, 0.25) is 0 Å². The molecule has 0 aromatic heterocycles. The molecule has 0 radical (unpaired) electrons. The fourth-order valence-corrected chi connectivity index (χ4v) is 0.250. The van der Waals surface area contributed by atoms with Gasteiger partial charge in [-0.05, 0) is 13.1 Å². The third-order valence-corrected chi connectivity index (χ3v) is 0.500. The van der Waals surface area contributed by atoms with Gasteiger partial charge < -0.3 is 9.87 Å². The van der Waals surface area contributed by atoms with E-state index >= 15 is 0 Å². The zero-order valence-corrected chi connectivity index (χ0v) is 7.55. The van der Waals surface area contributed by atoms with Gasteiger partial charge >= 0.3 is 0 Å². The van der Waals surface area contributed by atoms with E-state index < -0.39 is 11.2 Å². The van der Waals surface area contributed by atoms with Crippen molar-refractivity contribution in [2.45, 2.75) is 13.8 Å². The van der Waals surface area contributed by atoms with Crippen molar-refractivity contribution in [2.75, 3.05) is 25.6 Å². The summed E-state index contributed by atoms with van der Waals surface area (Å²) in [4.78, 5) is 0. The van der Waals surface area contributed by atoms with E-state index in [1.54, 1.807) is 12.5 Å². The largest absolute Gasteiger partial charge is 0.617 e. The second-order valence-electron chi connectivity index (χ2n) is 1.70.